The van der Waals surface area contributed by atoms with E-state index >= 15 is 0 Å². The molecule has 1 aromatic heterocycles. The summed E-state index contributed by atoms with van der Waals surface area (Å²) in [5, 5.41) is 38.0. The first-order valence-corrected chi connectivity index (χ1v) is 24.9. The number of fused-ring (bicyclic) bond motifs is 1. The average molecular weight is 1090 g/mol. The Balaban J connectivity index is 0.00000980. The van der Waals surface area contributed by atoms with E-state index in [-0.39, 0.29) is 39.9 Å². The van der Waals surface area contributed by atoms with Crippen molar-refractivity contribution in [3.8, 4) is 23.0 Å². The van der Waals surface area contributed by atoms with Crippen LogP contribution in [-0.4, -0.2) is 131 Å². The Morgan fingerprint density at radius 3 is 1.85 bits per heavy atom. The molecule has 0 aliphatic rings. The topological polar surface area (TPSA) is 423 Å². The first kappa shape index (κ1) is 53.8. The number of aromatic nitrogens is 3. The molecule has 0 atom stereocenters. The van der Waals surface area contributed by atoms with Gasteiger partial charge >= 0.3 is 16.5 Å². The van der Waals surface area contributed by atoms with Gasteiger partial charge in [-0.05, 0) is 36.4 Å². The number of halogens is 1. The van der Waals surface area contributed by atoms with Gasteiger partial charge in [0, 0.05) is 53.6 Å². The number of aromatic hydroxyl groups is 2. The molecule has 0 fully saturated rings. The van der Waals surface area contributed by atoms with Crippen molar-refractivity contribution in [2.24, 2.45) is 20.5 Å². The molecule has 67 heavy (non-hydrogen) atoms. The van der Waals surface area contributed by atoms with Gasteiger partial charge in [-0.25, -0.2) is 12.6 Å². The summed E-state index contributed by atoms with van der Waals surface area (Å²) in [7, 11) is -21.1. The number of hydrogen-bond acceptors (Lipinski definition) is 24. The van der Waals surface area contributed by atoms with E-state index in [1.54, 1.807) is 0 Å². The van der Waals surface area contributed by atoms with Crippen LogP contribution in [0.15, 0.2) is 83.7 Å². The predicted molar refractivity (Wildman–Crippen MR) is 224 cm³/mol. The Morgan fingerprint density at radius 1 is 0.701 bits per heavy atom. The first-order valence-electron chi connectivity index (χ1n) is 17.4. The summed E-state index contributed by atoms with van der Waals surface area (Å²) in [6.07, 6.45) is -1.50. The molecule has 35 heteroatoms. The molecular formula is C32H32CuFN9O19S5. The van der Waals surface area contributed by atoms with Gasteiger partial charge in [-0.1, -0.05) is 0 Å². The molecule has 0 spiro atoms. The van der Waals surface area contributed by atoms with E-state index in [0.717, 1.165) is 47.4 Å². The molecule has 5 rings (SSSR count). The van der Waals surface area contributed by atoms with Gasteiger partial charge < -0.3 is 29.9 Å². The Kier molecular flexibility index (Phi) is 16.5. The minimum atomic E-state index is -5.51. The second-order valence-electron chi connectivity index (χ2n) is 13.0. The van der Waals surface area contributed by atoms with Gasteiger partial charge in [-0.3, -0.25) is 18.2 Å². The van der Waals surface area contributed by atoms with E-state index in [2.05, 4.69) is 44.9 Å². The van der Waals surface area contributed by atoms with E-state index in [1.165, 1.54) is 21.3 Å². The molecule has 0 saturated heterocycles. The molecule has 1 heterocycles. The summed E-state index contributed by atoms with van der Waals surface area (Å²) in [6, 6.07) is 7.11. The number of methoxy groups -OCH3 is 2. The maximum absolute atomic E-state index is 14.7. The summed E-state index contributed by atoms with van der Waals surface area (Å²) < 4.78 is 189. The van der Waals surface area contributed by atoms with E-state index in [4.69, 9.17) is 14.0 Å². The Hall–Kier alpha value is -5.85. The maximum Gasteiger partial charge on any atom is 0.397 e. The van der Waals surface area contributed by atoms with Crippen LogP contribution in [-0.2, 0) is 71.8 Å². The third-order valence-electron chi connectivity index (χ3n) is 8.52. The molecule has 28 nitrogen and oxygen atoms in total. The number of phenols is 2. The Morgan fingerprint density at radius 2 is 1.30 bits per heavy atom. The number of nitrogens with zero attached hydrogens (tertiary/aromatic N) is 8. The van der Waals surface area contributed by atoms with E-state index < -0.39 is 147 Å². The van der Waals surface area contributed by atoms with Gasteiger partial charge in [-0.2, -0.15) is 53.0 Å². The van der Waals surface area contributed by atoms with Crippen LogP contribution >= 0.6 is 0 Å². The Bertz CT molecular complexity index is 3390. The fraction of sp³-hybridized carbons (Fsp3) is 0.219. The summed E-state index contributed by atoms with van der Waals surface area (Å²) in [4.78, 5) is 8.58. The van der Waals surface area contributed by atoms with Crippen molar-refractivity contribution in [2.45, 2.75) is 14.7 Å². The van der Waals surface area contributed by atoms with Gasteiger partial charge in [0.25, 0.3) is 30.4 Å². The number of sulfone groups is 1. The number of ether oxygens (including phenoxy) is 2. The van der Waals surface area contributed by atoms with Crippen molar-refractivity contribution in [1.29, 1.82) is 0 Å². The minimum Gasteiger partial charge on any atom is -0.506 e. The molecule has 0 bridgehead atoms. The van der Waals surface area contributed by atoms with Crippen LogP contribution in [0.25, 0.3) is 10.8 Å². The summed E-state index contributed by atoms with van der Waals surface area (Å²) in [5.74, 6) is -4.67. The van der Waals surface area contributed by atoms with Gasteiger partial charge in [0.15, 0.2) is 27.1 Å². The number of rotatable bonds is 19. The molecule has 7 N–H and O–H groups in total. The summed E-state index contributed by atoms with van der Waals surface area (Å²) in [6.45, 7) is -1.36. The average Bonchev–Trinajstić information content (AvgIpc) is 3.19. The van der Waals surface area contributed by atoms with E-state index in [0.29, 0.717) is 6.07 Å². The first-order chi connectivity index (χ1) is 30.5. The van der Waals surface area contributed by atoms with Crippen LogP contribution in [0.2, 0.25) is 0 Å². The van der Waals surface area contributed by atoms with Gasteiger partial charge in [0.1, 0.15) is 38.3 Å². The molecule has 0 unspecified atom stereocenters. The second kappa shape index (κ2) is 20.6. The molecule has 0 saturated carbocycles. The molecule has 367 valence electrons. The molecule has 4 aromatic carbocycles. The third kappa shape index (κ3) is 13.6. The van der Waals surface area contributed by atoms with Crippen LogP contribution in [0, 0.1) is 6.08 Å². The van der Waals surface area contributed by atoms with Crippen molar-refractivity contribution in [1.82, 2.24) is 15.0 Å². The van der Waals surface area contributed by atoms with Crippen LogP contribution < -0.4 is 19.7 Å². The van der Waals surface area contributed by atoms with Crippen molar-refractivity contribution in [3.05, 3.63) is 54.6 Å². The molecule has 0 aliphatic carbocycles. The van der Waals surface area contributed by atoms with Crippen LogP contribution in [0.3, 0.4) is 0 Å². The standard InChI is InChI=1S/C32H32FN9O19S5.Cu/c1-42(8-10-62(45,46)11-9-61-66(56,57)58)32-36-30(33)35-31(37-32)34-19-6-5-17-18(29(19)65(53,54)55)13-26(64(50,51)52)27(28(17)44)41-39-21-15-25(60-3)24(59-2)14-20(21)38-40-22-12-16(63(47,48)49)4-7-23(22)43;/h4-7,12-15,43-44H,8-11H2,1-3H3,(H,47,48,49)(H,50,51,52)(H,53,54,55)(H,56,57,58)(H,34,35,36,37);. The number of nitrogens with one attached hydrogen (secondary N) is 1. The van der Waals surface area contributed by atoms with E-state index in [1.807, 2.05) is 0 Å². The predicted octanol–water partition coefficient (Wildman–Crippen LogP) is 3.57. The number of azo groups is 2. The zero-order valence-electron chi connectivity index (χ0n) is 33.7. The fourth-order valence-corrected chi connectivity index (χ4v) is 8.95. The SMILES string of the molecule is COc1cc(N=Nc2cc(S(=O)(=O)O)ccc2O)c(N=Nc2c(S(=O)(=O)O)cc3c(S(=O)(=O)O)c(Nc4nc(F)nc(N(C)CCS(=O)(=O)CCOS(=O)(=O)O)n4)ccc3c2O)cc1OC.[Cu]. The molecule has 5 aromatic rings. The smallest absolute Gasteiger partial charge is 0.397 e. The maximum atomic E-state index is 14.7. The van der Waals surface area contributed by atoms with Crippen molar-refractivity contribution >= 4 is 102 Å². The van der Waals surface area contributed by atoms with Crippen molar-refractivity contribution in [3.63, 3.8) is 0 Å². The monoisotopic (exact) mass is 1090 g/mol. The minimum absolute atomic E-state index is 0. The fourth-order valence-electron chi connectivity index (χ4n) is 5.47. The van der Waals surface area contributed by atoms with Crippen LogP contribution in [0.4, 0.5) is 44.7 Å². The number of hydrogen-bond donors (Lipinski definition) is 7. The molecular weight excluding hydrogens is 1060 g/mol. The van der Waals surface area contributed by atoms with Crippen molar-refractivity contribution in [2.75, 3.05) is 56.1 Å². The van der Waals surface area contributed by atoms with Crippen molar-refractivity contribution < 1.29 is 106 Å². The zero-order chi connectivity index (χ0) is 49.2. The van der Waals surface area contributed by atoms with Gasteiger partial charge in [-0.15, -0.1) is 20.5 Å². The molecule has 0 aliphatic heterocycles. The summed E-state index contributed by atoms with van der Waals surface area (Å²) in [5.41, 5.74) is -2.85. The summed E-state index contributed by atoms with van der Waals surface area (Å²) >= 11 is 0. The normalized spacial score (nSPS) is 12.7. The largest absolute Gasteiger partial charge is 0.506 e. The zero-order valence-corrected chi connectivity index (χ0v) is 38.8. The van der Waals surface area contributed by atoms with Crippen LogP contribution in [0.1, 0.15) is 0 Å². The number of phenolic OH excluding ortho intramolecular Hbond substituents is 2. The second-order valence-corrected chi connectivity index (χ2v) is 20.5. The van der Waals surface area contributed by atoms with E-state index in [9.17, 15) is 70.4 Å². The van der Waals surface area contributed by atoms with Gasteiger partial charge in [0.05, 0.1) is 42.9 Å². The number of benzene rings is 4. The van der Waals surface area contributed by atoms with Gasteiger partial charge in [0.2, 0.25) is 11.9 Å². The number of anilines is 3. The third-order valence-corrected chi connectivity index (χ3v) is 13.2. The quantitative estimate of drug-likeness (QED) is 0.0353. The Labute approximate surface area is 389 Å². The van der Waals surface area contributed by atoms with Crippen LogP contribution in [0.5, 0.6) is 23.0 Å². The molecule has 0 amide bonds. The molecule has 1 radical (unpaired) electrons.